The normalized spacial score (nSPS) is 18.3. The molecule has 2 aromatic heterocycles. The van der Waals surface area contributed by atoms with Crippen molar-refractivity contribution in [2.24, 2.45) is 14.1 Å². The summed E-state index contributed by atoms with van der Waals surface area (Å²) in [4.78, 5) is 0. The van der Waals surface area contributed by atoms with Crippen molar-refractivity contribution in [2.45, 2.75) is 31.6 Å². The van der Waals surface area contributed by atoms with Crippen LogP contribution < -0.4 is 9.47 Å². The van der Waals surface area contributed by atoms with Crippen molar-refractivity contribution in [1.82, 2.24) is 9.13 Å². The fourth-order valence-electron chi connectivity index (χ4n) is 5.38. The standard InChI is InChI=1S/C27H24F6N2O2/c1-13-21(17-11-15(36-5)7-9-19(17)34(13)3)23-24(26(30,31)27(32,33)25(23,28)29)22-14(2)35(4)20-10-8-16(37-6)12-18(20)22/h7-12H,1-6H3. The lowest BCUT2D eigenvalue weighted by Crippen LogP contribution is -2.49. The van der Waals surface area contributed by atoms with Crippen molar-refractivity contribution >= 4 is 33.0 Å². The molecule has 0 amide bonds. The van der Waals surface area contributed by atoms with E-state index in [9.17, 15) is 0 Å². The van der Waals surface area contributed by atoms with Gasteiger partial charge in [-0.1, -0.05) is 0 Å². The number of aryl methyl sites for hydroxylation is 2. The van der Waals surface area contributed by atoms with Gasteiger partial charge < -0.3 is 18.6 Å². The van der Waals surface area contributed by atoms with E-state index in [0.29, 0.717) is 11.0 Å². The number of fused-ring (bicyclic) bond motifs is 2. The van der Waals surface area contributed by atoms with Gasteiger partial charge in [-0.2, -0.15) is 26.3 Å². The van der Waals surface area contributed by atoms with Crippen LogP contribution in [0.4, 0.5) is 26.3 Å². The average molecular weight is 522 g/mol. The Labute approximate surface area is 208 Å². The Kier molecular flexibility index (Phi) is 5.24. The Balaban J connectivity index is 2.03. The highest BCUT2D eigenvalue weighted by molar-refractivity contribution is 6.12. The molecular formula is C27H24F6N2O2. The first-order chi connectivity index (χ1) is 17.2. The maximum Gasteiger partial charge on any atom is 0.380 e. The van der Waals surface area contributed by atoms with Crippen molar-refractivity contribution in [1.29, 1.82) is 0 Å². The SMILES string of the molecule is COc1ccc2c(c1)c(C1=C(c3c(C)n(C)c4ccc(OC)cc34)C(F)(F)C(F)(F)C1(F)F)c(C)n2C. The predicted octanol–water partition coefficient (Wildman–Crippen LogP) is 7.13. The Morgan fingerprint density at radius 3 is 1.30 bits per heavy atom. The fourth-order valence-corrected chi connectivity index (χ4v) is 5.38. The summed E-state index contributed by atoms with van der Waals surface area (Å²) in [5.74, 6) is -15.5. The molecule has 37 heavy (non-hydrogen) atoms. The largest absolute Gasteiger partial charge is 0.497 e. The second-order valence-corrected chi connectivity index (χ2v) is 9.28. The van der Waals surface area contributed by atoms with Gasteiger partial charge in [-0.15, -0.1) is 0 Å². The van der Waals surface area contributed by atoms with Gasteiger partial charge in [0.25, 0.3) is 0 Å². The number of ether oxygens (including phenoxy) is 2. The first-order valence-corrected chi connectivity index (χ1v) is 11.4. The summed E-state index contributed by atoms with van der Waals surface area (Å²) in [5.41, 5.74) is -2.43. The van der Waals surface area contributed by atoms with Crippen molar-refractivity contribution in [3.8, 4) is 11.5 Å². The zero-order valence-corrected chi connectivity index (χ0v) is 20.9. The summed E-state index contributed by atoms with van der Waals surface area (Å²) in [6.07, 6.45) is 0. The maximum atomic E-state index is 15.7. The lowest BCUT2D eigenvalue weighted by Gasteiger charge is -2.26. The Hall–Kier alpha value is -3.56. The van der Waals surface area contributed by atoms with Gasteiger partial charge in [0.05, 0.1) is 14.2 Å². The second kappa shape index (κ2) is 7.72. The second-order valence-electron chi connectivity index (χ2n) is 9.28. The number of halogens is 6. The van der Waals surface area contributed by atoms with Crippen molar-refractivity contribution < 1.29 is 35.8 Å². The van der Waals surface area contributed by atoms with Gasteiger partial charge in [0, 0.05) is 69.6 Å². The Bertz CT molecular complexity index is 1510. The summed E-state index contributed by atoms with van der Waals surface area (Å²) >= 11 is 0. The van der Waals surface area contributed by atoms with Crippen molar-refractivity contribution in [2.75, 3.05) is 14.2 Å². The van der Waals surface area contributed by atoms with Crippen LogP contribution in [-0.2, 0) is 14.1 Å². The molecule has 0 unspecified atom stereocenters. The van der Waals surface area contributed by atoms with Crippen LogP contribution in [0.1, 0.15) is 22.5 Å². The van der Waals surface area contributed by atoms with E-state index in [2.05, 4.69) is 0 Å². The molecule has 0 spiro atoms. The molecule has 4 nitrogen and oxygen atoms in total. The number of allylic oxidation sites excluding steroid dienone is 2. The van der Waals surface area contributed by atoms with E-state index in [-0.39, 0.29) is 44.8 Å². The summed E-state index contributed by atoms with van der Waals surface area (Å²) in [5, 5.41) is 0.214. The monoisotopic (exact) mass is 522 g/mol. The fraction of sp³-hybridized carbons (Fsp3) is 0.333. The highest BCUT2D eigenvalue weighted by Gasteiger charge is 2.80. The third-order valence-electron chi connectivity index (χ3n) is 7.57. The minimum Gasteiger partial charge on any atom is -0.497 e. The minimum atomic E-state index is -5.67. The summed E-state index contributed by atoms with van der Waals surface area (Å²) in [6, 6.07) is 9.10. The predicted molar refractivity (Wildman–Crippen MR) is 130 cm³/mol. The molecule has 196 valence electrons. The van der Waals surface area contributed by atoms with E-state index in [1.807, 2.05) is 0 Å². The van der Waals surface area contributed by atoms with Crippen LogP contribution in [0.2, 0.25) is 0 Å². The number of alkyl halides is 6. The molecule has 0 atom stereocenters. The molecule has 0 bridgehead atoms. The lowest BCUT2D eigenvalue weighted by atomic mass is 9.91. The molecule has 0 aliphatic heterocycles. The van der Waals surface area contributed by atoms with Crippen LogP contribution in [0.5, 0.6) is 11.5 Å². The number of benzene rings is 2. The van der Waals surface area contributed by atoms with Gasteiger partial charge in [0.2, 0.25) is 0 Å². The highest BCUT2D eigenvalue weighted by atomic mass is 19.3. The number of hydrogen-bond acceptors (Lipinski definition) is 2. The summed E-state index contributed by atoms with van der Waals surface area (Å²) in [7, 11) is 5.85. The number of hydrogen-bond donors (Lipinski definition) is 0. The van der Waals surface area contributed by atoms with E-state index in [4.69, 9.17) is 9.47 Å². The summed E-state index contributed by atoms with van der Waals surface area (Å²) in [6.45, 7) is 2.88. The van der Waals surface area contributed by atoms with Gasteiger partial charge in [-0.3, -0.25) is 0 Å². The molecule has 4 aromatic rings. The van der Waals surface area contributed by atoms with Crippen LogP contribution in [0.25, 0.3) is 33.0 Å². The van der Waals surface area contributed by atoms with Gasteiger partial charge in [-0.05, 0) is 50.2 Å². The molecule has 1 aliphatic rings. The van der Waals surface area contributed by atoms with Gasteiger partial charge >= 0.3 is 17.8 Å². The minimum absolute atomic E-state index is 0.107. The van der Waals surface area contributed by atoms with Crippen LogP contribution in [0, 0.1) is 13.8 Å². The number of methoxy groups -OCH3 is 2. The van der Waals surface area contributed by atoms with E-state index in [1.165, 1.54) is 49.3 Å². The smallest absolute Gasteiger partial charge is 0.380 e. The van der Waals surface area contributed by atoms with Gasteiger partial charge in [0.1, 0.15) is 11.5 Å². The zero-order chi connectivity index (χ0) is 27.2. The van der Waals surface area contributed by atoms with E-state index in [0.717, 1.165) is 0 Å². The molecule has 2 aromatic carbocycles. The molecule has 0 saturated carbocycles. The van der Waals surface area contributed by atoms with E-state index < -0.39 is 28.9 Å². The Morgan fingerprint density at radius 1 is 0.622 bits per heavy atom. The molecule has 2 heterocycles. The average Bonchev–Trinajstić information content (AvgIpc) is 3.28. The third kappa shape index (κ3) is 2.98. The summed E-state index contributed by atoms with van der Waals surface area (Å²) < 4.78 is 107. The molecule has 0 fully saturated rings. The van der Waals surface area contributed by atoms with Crippen LogP contribution in [-0.4, -0.2) is 41.1 Å². The zero-order valence-electron chi connectivity index (χ0n) is 20.9. The topological polar surface area (TPSA) is 28.3 Å². The molecule has 0 radical (unpaired) electrons. The lowest BCUT2D eigenvalue weighted by molar-refractivity contribution is -0.254. The molecular weight excluding hydrogens is 498 g/mol. The molecule has 1 aliphatic carbocycles. The van der Waals surface area contributed by atoms with Crippen LogP contribution >= 0.6 is 0 Å². The number of aromatic nitrogens is 2. The Morgan fingerprint density at radius 2 is 0.973 bits per heavy atom. The quantitative estimate of drug-likeness (QED) is 0.267. The number of nitrogens with zero attached hydrogens (tertiary/aromatic N) is 2. The highest BCUT2D eigenvalue weighted by Crippen LogP contribution is 2.66. The molecule has 0 N–H and O–H groups in total. The first kappa shape index (κ1) is 25.1. The van der Waals surface area contributed by atoms with Gasteiger partial charge in [-0.25, -0.2) is 0 Å². The molecule has 5 rings (SSSR count). The van der Waals surface area contributed by atoms with Gasteiger partial charge in [0.15, 0.2) is 0 Å². The third-order valence-corrected chi connectivity index (χ3v) is 7.57. The van der Waals surface area contributed by atoms with Crippen LogP contribution in [0.3, 0.4) is 0 Å². The maximum absolute atomic E-state index is 15.7. The number of rotatable bonds is 4. The van der Waals surface area contributed by atoms with Crippen molar-refractivity contribution in [3.05, 3.63) is 58.9 Å². The first-order valence-electron chi connectivity index (χ1n) is 11.4. The van der Waals surface area contributed by atoms with Crippen LogP contribution in [0.15, 0.2) is 36.4 Å². The molecule has 0 saturated heterocycles. The molecule has 10 heteroatoms. The van der Waals surface area contributed by atoms with Crippen molar-refractivity contribution in [3.63, 3.8) is 0 Å². The van der Waals surface area contributed by atoms with E-state index in [1.54, 1.807) is 38.4 Å². The van der Waals surface area contributed by atoms with E-state index >= 15 is 26.3 Å².